The molecule has 3 nitrogen and oxygen atoms in total. The van der Waals surface area contributed by atoms with Crippen LogP contribution in [-0.2, 0) is 11.2 Å². The van der Waals surface area contributed by atoms with E-state index in [0.29, 0.717) is 11.8 Å². The van der Waals surface area contributed by atoms with Crippen LogP contribution in [0.2, 0.25) is 0 Å². The molecule has 1 aromatic heterocycles. The lowest BCUT2D eigenvalue weighted by Crippen LogP contribution is -2.37. The number of pyridine rings is 1. The number of nitrogens with zero attached hydrogens (tertiary/aromatic N) is 2. The molecule has 0 aliphatic heterocycles. The van der Waals surface area contributed by atoms with Crippen molar-refractivity contribution in [2.45, 2.75) is 25.7 Å². The van der Waals surface area contributed by atoms with E-state index < -0.39 is 0 Å². The smallest absolute Gasteiger partial charge is 0.225 e. The maximum Gasteiger partial charge on any atom is 0.225 e. The molecular formula is C13H18N2O. The van der Waals surface area contributed by atoms with Gasteiger partial charge in [0.2, 0.25) is 5.91 Å². The molecule has 1 aliphatic rings. The molecule has 0 radical (unpaired) electrons. The fourth-order valence-corrected chi connectivity index (χ4v) is 1.91. The maximum absolute atomic E-state index is 11.9. The van der Waals surface area contributed by atoms with Crippen molar-refractivity contribution in [3.05, 3.63) is 30.1 Å². The van der Waals surface area contributed by atoms with Crippen molar-refractivity contribution in [2.75, 3.05) is 13.6 Å². The highest BCUT2D eigenvalue weighted by Crippen LogP contribution is 2.27. The van der Waals surface area contributed by atoms with Gasteiger partial charge in [-0.15, -0.1) is 0 Å². The average Bonchev–Trinajstić information content (AvgIpc) is 2.25. The first-order chi connectivity index (χ1) is 7.77. The third-order valence-corrected chi connectivity index (χ3v) is 3.26. The van der Waals surface area contributed by atoms with E-state index in [0.717, 1.165) is 31.5 Å². The van der Waals surface area contributed by atoms with E-state index >= 15 is 0 Å². The fraction of sp³-hybridized carbons (Fsp3) is 0.538. The normalized spacial score (nSPS) is 15.6. The first kappa shape index (κ1) is 11.1. The topological polar surface area (TPSA) is 33.2 Å². The SMILES string of the molecule is CN(CCc1ccccn1)C(=O)C1CCC1. The minimum Gasteiger partial charge on any atom is -0.345 e. The molecule has 1 fully saturated rings. The summed E-state index contributed by atoms with van der Waals surface area (Å²) in [5.74, 6) is 0.607. The minimum atomic E-state index is 0.300. The molecule has 2 rings (SSSR count). The zero-order valence-corrected chi connectivity index (χ0v) is 9.72. The fourth-order valence-electron chi connectivity index (χ4n) is 1.91. The van der Waals surface area contributed by atoms with Crippen molar-refractivity contribution in [3.63, 3.8) is 0 Å². The molecule has 0 bridgehead atoms. The molecule has 0 N–H and O–H groups in total. The van der Waals surface area contributed by atoms with Gasteiger partial charge in [-0.3, -0.25) is 9.78 Å². The number of hydrogen-bond acceptors (Lipinski definition) is 2. The Morgan fingerprint density at radius 3 is 2.88 bits per heavy atom. The summed E-state index contributed by atoms with van der Waals surface area (Å²) in [6.07, 6.45) is 6.00. The van der Waals surface area contributed by atoms with E-state index in [1.807, 2.05) is 30.1 Å². The van der Waals surface area contributed by atoms with Gasteiger partial charge in [-0.2, -0.15) is 0 Å². The van der Waals surface area contributed by atoms with Crippen LogP contribution in [0, 0.1) is 5.92 Å². The van der Waals surface area contributed by atoms with Gasteiger partial charge in [0.15, 0.2) is 0 Å². The Kier molecular flexibility index (Phi) is 3.54. The number of aromatic nitrogens is 1. The molecule has 0 spiro atoms. The minimum absolute atomic E-state index is 0.300. The van der Waals surface area contributed by atoms with Gasteiger partial charge < -0.3 is 4.90 Å². The Bertz CT molecular complexity index is 346. The molecule has 0 aromatic carbocycles. The summed E-state index contributed by atoms with van der Waals surface area (Å²) in [5, 5.41) is 0. The van der Waals surface area contributed by atoms with E-state index in [4.69, 9.17) is 0 Å². The molecule has 1 aliphatic carbocycles. The van der Waals surface area contributed by atoms with Crippen LogP contribution in [0.1, 0.15) is 25.0 Å². The lowest BCUT2D eigenvalue weighted by molar-refractivity contribution is -0.136. The summed E-state index contributed by atoms with van der Waals surface area (Å²) >= 11 is 0. The van der Waals surface area contributed by atoms with Gasteiger partial charge in [-0.05, 0) is 25.0 Å². The number of likely N-dealkylation sites (N-methyl/N-ethyl adjacent to an activating group) is 1. The second kappa shape index (κ2) is 5.10. The lowest BCUT2D eigenvalue weighted by Gasteiger charge is -2.29. The summed E-state index contributed by atoms with van der Waals surface area (Å²) in [4.78, 5) is 17.9. The zero-order valence-electron chi connectivity index (χ0n) is 9.72. The van der Waals surface area contributed by atoms with Crippen molar-refractivity contribution in [1.29, 1.82) is 0 Å². The molecule has 16 heavy (non-hydrogen) atoms. The molecule has 86 valence electrons. The van der Waals surface area contributed by atoms with Crippen molar-refractivity contribution in [3.8, 4) is 0 Å². The van der Waals surface area contributed by atoms with Gasteiger partial charge in [0.25, 0.3) is 0 Å². The molecule has 1 aromatic rings. The highest BCUT2D eigenvalue weighted by Gasteiger charge is 2.27. The number of carbonyl (C=O) groups excluding carboxylic acids is 1. The van der Waals surface area contributed by atoms with Crippen molar-refractivity contribution in [2.24, 2.45) is 5.92 Å². The number of hydrogen-bond donors (Lipinski definition) is 0. The highest BCUT2D eigenvalue weighted by atomic mass is 16.2. The molecule has 0 saturated heterocycles. The second-order valence-electron chi connectivity index (χ2n) is 4.46. The number of rotatable bonds is 4. The van der Waals surface area contributed by atoms with E-state index in [1.165, 1.54) is 6.42 Å². The quantitative estimate of drug-likeness (QED) is 0.773. The van der Waals surface area contributed by atoms with E-state index in [-0.39, 0.29) is 0 Å². The third kappa shape index (κ3) is 2.60. The average molecular weight is 218 g/mol. The predicted molar refractivity (Wildman–Crippen MR) is 62.9 cm³/mol. The lowest BCUT2D eigenvalue weighted by atomic mass is 9.84. The third-order valence-electron chi connectivity index (χ3n) is 3.26. The summed E-state index contributed by atoms with van der Waals surface area (Å²) in [7, 11) is 1.89. The van der Waals surface area contributed by atoms with Crippen molar-refractivity contribution < 1.29 is 4.79 Å². The first-order valence-electron chi connectivity index (χ1n) is 5.92. The maximum atomic E-state index is 11.9. The van der Waals surface area contributed by atoms with Gasteiger partial charge in [0, 0.05) is 37.8 Å². The van der Waals surface area contributed by atoms with Crippen LogP contribution in [0.15, 0.2) is 24.4 Å². The van der Waals surface area contributed by atoms with Gasteiger partial charge in [0.1, 0.15) is 0 Å². The monoisotopic (exact) mass is 218 g/mol. The van der Waals surface area contributed by atoms with Crippen LogP contribution in [0.3, 0.4) is 0 Å². The molecular weight excluding hydrogens is 200 g/mol. The van der Waals surface area contributed by atoms with Gasteiger partial charge in [-0.1, -0.05) is 12.5 Å². The number of amides is 1. The Morgan fingerprint density at radius 2 is 2.31 bits per heavy atom. The van der Waals surface area contributed by atoms with Crippen LogP contribution in [-0.4, -0.2) is 29.4 Å². The Labute approximate surface area is 96.5 Å². The number of carbonyl (C=O) groups is 1. The second-order valence-corrected chi connectivity index (χ2v) is 4.46. The van der Waals surface area contributed by atoms with E-state index in [9.17, 15) is 4.79 Å². The first-order valence-corrected chi connectivity index (χ1v) is 5.92. The summed E-state index contributed by atoms with van der Waals surface area (Å²) in [6.45, 7) is 0.770. The van der Waals surface area contributed by atoms with Crippen LogP contribution in [0.5, 0.6) is 0 Å². The van der Waals surface area contributed by atoms with Crippen LogP contribution >= 0.6 is 0 Å². The molecule has 0 unspecified atom stereocenters. The Morgan fingerprint density at radius 1 is 1.50 bits per heavy atom. The molecule has 3 heteroatoms. The highest BCUT2D eigenvalue weighted by molar-refractivity contribution is 5.79. The molecule has 0 atom stereocenters. The van der Waals surface area contributed by atoms with E-state index in [1.54, 1.807) is 6.20 Å². The largest absolute Gasteiger partial charge is 0.345 e. The van der Waals surface area contributed by atoms with Gasteiger partial charge >= 0.3 is 0 Å². The molecule has 1 saturated carbocycles. The van der Waals surface area contributed by atoms with Gasteiger partial charge in [-0.25, -0.2) is 0 Å². The molecule has 1 amide bonds. The van der Waals surface area contributed by atoms with Crippen molar-refractivity contribution >= 4 is 5.91 Å². The summed E-state index contributed by atoms with van der Waals surface area (Å²) in [6, 6.07) is 5.89. The van der Waals surface area contributed by atoms with Crippen LogP contribution in [0.4, 0.5) is 0 Å². The van der Waals surface area contributed by atoms with E-state index in [2.05, 4.69) is 4.98 Å². The zero-order chi connectivity index (χ0) is 11.4. The molecule has 1 heterocycles. The Hall–Kier alpha value is -1.38. The van der Waals surface area contributed by atoms with Crippen LogP contribution in [0.25, 0.3) is 0 Å². The van der Waals surface area contributed by atoms with Gasteiger partial charge in [0.05, 0.1) is 0 Å². The summed E-state index contributed by atoms with van der Waals surface area (Å²) in [5.41, 5.74) is 1.05. The summed E-state index contributed by atoms with van der Waals surface area (Å²) < 4.78 is 0. The predicted octanol–water partition coefficient (Wildman–Crippen LogP) is 1.88. The van der Waals surface area contributed by atoms with Crippen molar-refractivity contribution in [1.82, 2.24) is 9.88 Å². The van der Waals surface area contributed by atoms with Crippen LogP contribution < -0.4 is 0 Å². The Balaban J connectivity index is 1.79. The standard InChI is InChI=1S/C13H18N2O/c1-15(13(16)11-5-4-6-11)10-8-12-7-2-3-9-14-12/h2-3,7,9,11H,4-6,8,10H2,1H3.